The largest absolute Gasteiger partial charge is 0.496 e. The molecule has 11 heteroatoms. The van der Waals surface area contributed by atoms with Gasteiger partial charge in [0.25, 0.3) is 5.91 Å². The van der Waals surface area contributed by atoms with Crippen LogP contribution in [0.15, 0.2) is 18.2 Å². The number of fused-ring (bicyclic) bond motifs is 1. The van der Waals surface area contributed by atoms with Crippen molar-refractivity contribution >= 4 is 46.2 Å². The van der Waals surface area contributed by atoms with E-state index in [2.05, 4.69) is 15.6 Å². The molecular formula is C30H39ClN4O6. The van der Waals surface area contributed by atoms with Gasteiger partial charge in [-0.2, -0.15) is 0 Å². The van der Waals surface area contributed by atoms with Crippen LogP contribution in [-0.4, -0.2) is 72.0 Å². The number of aromatic amines is 1. The molecule has 2 aliphatic heterocycles. The molecule has 3 fully saturated rings. The maximum atomic E-state index is 14.0. The summed E-state index contributed by atoms with van der Waals surface area (Å²) >= 11 is 6.41. The summed E-state index contributed by atoms with van der Waals surface area (Å²) in [4.78, 5) is 58.0. The lowest BCUT2D eigenvalue weighted by Gasteiger charge is -2.32. The zero-order valence-corrected chi connectivity index (χ0v) is 24.9. The van der Waals surface area contributed by atoms with Crippen LogP contribution >= 0.6 is 11.6 Å². The van der Waals surface area contributed by atoms with Gasteiger partial charge < -0.3 is 30.0 Å². The van der Waals surface area contributed by atoms with Crippen LogP contribution in [-0.2, 0) is 19.1 Å². The van der Waals surface area contributed by atoms with Crippen LogP contribution in [0.2, 0.25) is 5.02 Å². The Hall–Kier alpha value is -3.27. The molecule has 10 nitrogen and oxygen atoms in total. The number of carbonyl (C=O) groups is 4. The number of hydrogen-bond acceptors (Lipinski definition) is 6. The van der Waals surface area contributed by atoms with Gasteiger partial charge in [0.15, 0.2) is 0 Å². The molecule has 2 aromatic rings. The van der Waals surface area contributed by atoms with E-state index < -0.39 is 29.9 Å². The number of likely N-dealkylation sites (tertiary alicyclic amines) is 1. The second kappa shape index (κ2) is 11.2. The highest BCUT2D eigenvalue weighted by molar-refractivity contribution is 6.35. The number of nitrogens with zero attached hydrogens (tertiary/aromatic N) is 1. The first-order valence-electron chi connectivity index (χ1n) is 14.3. The Balaban J connectivity index is 1.42. The first-order chi connectivity index (χ1) is 19.5. The van der Waals surface area contributed by atoms with Crippen LogP contribution < -0.4 is 15.4 Å². The van der Waals surface area contributed by atoms with Crippen molar-refractivity contribution in [1.29, 1.82) is 0 Å². The summed E-state index contributed by atoms with van der Waals surface area (Å²) in [5.41, 5.74) is 0.351. The molecule has 0 bridgehead atoms. The lowest BCUT2D eigenvalue weighted by atomic mass is 9.72. The summed E-state index contributed by atoms with van der Waals surface area (Å²) in [6.45, 7) is 4.30. The minimum atomic E-state index is -1.01. The molecule has 222 valence electrons. The second-order valence-electron chi connectivity index (χ2n) is 12.5. The smallest absolute Gasteiger partial charge is 0.328 e. The Bertz CT molecular complexity index is 1360. The van der Waals surface area contributed by atoms with Crippen LogP contribution in [0.5, 0.6) is 5.75 Å². The average molecular weight is 587 g/mol. The number of esters is 1. The molecule has 1 spiro atoms. The Morgan fingerprint density at radius 3 is 2.51 bits per heavy atom. The molecule has 1 aliphatic carbocycles. The highest BCUT2D eigenvalue weighted by Crippen LogP contribution is 2.47. The third-order valence-corrected chi connectivity index (χ3v) is 9.37. The molecule has 0 radical (unpaired) electrons. The second-order valence-corrected chi connectivity index (χ2v) is 12.9. The lowest BCUT2D eigenvalue weighted by Crippen LogP contribution is -2.51. The van der Waals surface area contributed by atoms with Crippen molar-refractivity contribution < 1.29 is 28.7 Å². The predicted molar refractivity (Wildman–Crippen MR) is 154 cm³/mol. The number of rotatable bonds is 7. The number of H-pyrrole nitrogens is 1. The van der Waals surface area contributed by atoms with E-state index in [1.807, 2.05) is 13.8 Å². The van der Waals surface area contributed by atoms with Crippen molar-refractivity contribution in [3.8, 4) is 5.75 Å². The molecule has 3 amide bonds. The monoisotopic (exact) mass is 586 g/mol. The van der Waals surface area contributed by atoms with E-state index in [0.717, 1.165) is 32.1 Å². The SMILES string of the molecule is COC(=O)C(CC1CC(C)(C)NC1=O)NC(=O)C1CC2(CCCCC2)CN1C(=O)c1cc2c(OC)ccc(Cl)c2[nH]1. The Kier molecular flexibility index (Phi) is 7.98. The third kappa shape index (κ3) is 5.76. The fourth-order valence-corrected chi connectivity index (χ4v) is 7.28. The van der Waals surface area contributed by atoms with Crippen molar-refractivity contribution in [3.05, 3.63) is 28.9 Å². The van der Waals surface area contributed by atoms with Crippen LogP contribution in [0, 0.1) is 11.3 Å². The van der Waals surface area contributed by atoms with Gasteiger partial charge in [-0.05, 0) is 69.6 Å². The molecule has 5 rings (SSSR count). The number of aromatic nitrogens is 1. The van der Waals surface area contributed by atoms with E-state index in [1.165, 1.54) is 7.11 Å². The summed E-state index contributed by atoms with van der Waals surface area (Å²) in [6, 6.07) is 3.38. The summed E-state index contributed by atoms with van der Waals surface area (Å²) in [5, 5.41) is 6.93. The van der Waals surface area contributed by atoms with Crippen LogP contribution in [0.3, 0.4) is 0 Å². The zero-order valence-electron chi connectivity index (χ0n) is 24.1. The highest BCUT2D eigenvalue weighted by Gasteiger charge is 2.50. The lowest BCUT2D eigenvalue weighted by molar-refractivity contribution is -0.146. The van der Waals surface area contributed by atoms with Gasteiger partial charge >= 0.3 is 5.97 Å². The van der Waals surface area contributed by atoms with E-state index in [4.69, 9.17) is 21.1 Å². The number of methoxy groups -OCH3 is 2. The molecule has 2 saturated heterocycles. The minimum Gasteiger partial charge on any atom is -0.496 e. The fraction of sp³-hybridized carbons (Fsp3) is 0.600. The van der Waals surface area contributed by atoms with Crippen molar-refractivity contribution in [2.75, 3.05) is 20.8 Å². The topological polar surface area (TPSA) is 130 Å². The molecule has 3 N–H and O–H groups in total. The quantitative estimate of drug-likeness (QED) is 0.421. The average Bonchev–Trinajstić information content (AvgIpc) is 3.62. The maximum Gasteiger partial charge on any atom is 0.328 e. The summed E-state index contributed by atoms with van der Waals surface area (Å²) < 4.78 is 10.5. The summed E-state index contributed by atoms with van der Waals surface area (Å²) in [7, 11) is 2.82. The molecule has 41 heavy (non-hydrogen) atoms. The van der Waals surface area contributed by atoms with Crippen LogP contribution in [0.4, 0.5) is 0 Å². The predicted octanol–water partition coefficient (Wildman–Crippen LogP) is 3.96. The number of ether oxygens (including phenoxy) is 2. The number of carbonyl (C=O) groups excluding carboxylic acids is 4. The van der Waals surface area contributed by atoms with E-state index >= 15 is 0 Å². The standard InChI is InChI=1S/C30H39ClN4O6/c1-29(2)14-17(25(36)34-29)12-21(28(39)41-4)33-26(37)22-15-30(10-6-5-7-11-30)16-35(22)27(38)20-13-18-23(40-3)9-8-19(31)24(18)32-20/h8-9,13,17,21-22,32H,5-7,10-12,14-16H2,1-4H3,(H,33,37)(H,34,36). The van der Waals surface area contributed by atoms with E-state index in [-0.39, 0.29) is 29.2 Å². The zero-order chi connectivity index (χ0) is 29.5. The summed E-state index contributed by atoms with van der Waals surface area (Å²) in [6.07, 6.45) is 6.28. The van der Waals surface area contributed by atoms with Crippen molar-refractivity contribution in [3.63, 3.8) is 0 Å². The van der Waals surface area contributed by atoms with Crippen molar-refractivity contribution in [2.24, 2.45) is 11.3 Å². The molecule has 3 unspecified atom stereocenters. The minimum absolute atomic E-state index is 0.125. The van der Waals surface area contributed by atoms with Gasteiger partial charge in [-0.3, -0.25) is 14.4 Å². The molecule has 1 aromatic carbocycles. The van der Waals surface area contributed by atoms with Gasteiger partial charge in [0.2, 0.25) is 11.8 Å². The molecule has 3 atom stereocenters. The third-order valence-electron chi connectivity index (χ3n) is 9.05. The van der Waals surface area contributed by atoms with Crippen LogP contribution in [0.1, 0.15) is 75.7 Å². The molecule has 3 heterocycles. The first kappa shape index (κ1) is 29.2. The van der Waals surface area contributed by atoms with Gasteiger partial charge in [0, 0.05) is 23.4 Å². The van der Waals surface area contributed by atoms with Gasteiger partial charge in [-0.15, -0.1) is 0 Å². The molecule has 3 aliphatic rings. The van der Waals surface area contributed by atoms with E-state index in [0.29, 0.717) is 46.8 Å². The molecule has 1 aromatic heterocycles. The van der Waals surface area contributed by atoms with Crippen LogP contribution in [0.25, 0.3) is 10.9 Å². The van der Waals surface area contributed by atoms with Crippen molar-refractivity contribution in [2.45, 2.75) is 82.8 Å². The highest BCUT2D eigenvalue weighted by atomic mass is 35.5. The van der Waals surface area contributed by atoms with E-state index in [9.17, 15) is 19.2 Å². The Labute approximate surface area is 244 Å². The first-order valence-corrected chi connectivity index (χ1v) is 14.7. The number of nitrogens with one attached hydrogen (secondary N) is 3. The van der Waals surface area contributed by atoms with Gasteiger partial charge in [0.1, 0.15) is 23.5 Å². The summed E-state index contributed by atoms with van der Waals surface area (Å²) in [5.74, 6) is -1.35. The normalized spacial score (nSPS) is 23.8. The van der Waals surface area contributed by atoms with Gasteiger partial charge in [-0.1, -0.05) is 30.9 Å². The number of amides is 3. The van der Waals surface area contributed by atoms with Gasteiger partial charge in [0.05, 0.1) is 24.8 Å². The molecule has 1 saturated carbocycles. The van der Waals surface area contributed by atoms with Gasteiger partial charge in [-0.25, -0.2) is 4.79 Å². The molecular weight excluding hydrogens is 548 g/mol. The number of benzene rings is 1. The van der Waals surface area contributed by atoms with E-state index in [1.54, 1.807) is 30.2 Å². The number of halogens is 1. The Morgan fingerprint density at radius 2 is 1.88 bits per heavy atom. The maximum absolute atomic E-state index is 14.0. The fourth-order valence-electron chi connectivity index (χ4n) is 7.07. The Morgan fingerprint density at radius 1 is 1.15 bits per heavy atom. The number of hydrogen-bond donors (Lipinski definition) is 3. The van der Waals surface area contributed by atoms with Crippen molar-refractivity contribution in [1.82, 2.24) is 20.5 Å².